The summed E-state index contributed by atoms with van der Waals surface area (Å²) < 4.78 is 11.3. The van der Waals surface area contributed by atoms with Crippen molar-refractivity contribution in [3.05, 3.63) is 24.3 Å². The molecule has 1 saturated heterocycles. The van der Waals surface area contributed by atoms with Crippen LogP contribution in [0.4, 0.5) is 5.69 Å². The van der Waals surface area contributed by atoms with E-state index in [1.807, 2.05) is 24.3 Å². The molecule has 1 aliphatic heterocycles. The van der Waals surface area contributed by atoms with Crippen LogP contribution in [0.1, 0.15) is 19.8 Å². The van der Waals surface area contributed by atoms with Crippen molar-refractivity contribution in [2.45, 2.75) is 25.9 Å². The van der Waals surface area contributed by atoms with E-state index in [4.69, 9.17) is 15.2 Å². The first-order valence-electron chi connectivity index (χ1n) is 7.06. The highest BCUT2D eigenvalue weighted by molar-refractivity contribution is 5.41. The third-order valence-electron chi connectivity index (χ3n) is 3.30. The first-order chi connectivity index (χ1) is 9.24. The Morgan fingerprint density at radius 1 is 1.37 bits per heavy atom. The normalized spacial score (nSPS) is 21.0. The lowest BCUT2D eigenvalue weighted by atomic mass is 10.3. The molecular formula is C15H24N2O2. The third kappa shape index (κ3) is 5.09. The van der Waals surface area contributed by atoms with Crippen LogP contribution in [0.25, 0.3) is 0 Å². The van der Waals surface area contributed by atoms with Crippen LogP contribution in [-0.2, 0) is 4.74 Å². The minimum absolute atomic E-state index is 0.348. The second-order valence-electron chi connectivity index (χ2n) is 5.11. The second-order valence-corrected chi connectivity index (χ2v) is 5.11. The topological polar surface area (TPSA) is 47.7 Å². The molecule has 0 saturated carbocycles. The van der Waals surface area contributed by atoms with Crippen LogP contribution in [-0.4, -0.2) is 43.9 Å². The fourth-order valence-electron chi connectivity index (χ4n) is 2.33. The van der Waals surface area contributed by atoms with Crippen LogP contribution in [0.2, 0.25) is 0 Å². The van der Waals surface area contributed by atoms with Crippen molar-refractivity contribution in [3.63, 3.8) is 0 Å². The van der Waals surface area contributed by atoms with Crippen LogP contribution < -0.4 is 10.5 Å². The van der Waals surface area contributed by atoms with E-state index < -0.39 is 0 Å². The van der Waals surface area contributed by atoms with Crippen molar-refractivity contribution >= 4 is 5.69 Å². The minimum Gasteiger partial charge on any atom is -0.494 e. The molecule has 1 aliphatic rings. The van der Waals surface area contributed by atoms with Gasteiger partial charge < -0.3 is 20.1 Å². The Morgan fingerprint density at radius 2 is 2.16 bits per heavy atom. The quantitative estimate of drug-likeness (QED) is 0.654. The van der Waals surface area contributed by atoms with Gasteiger partial charge in [0.2, 0.25) is 0 Å². The Labute approximate surface area is 115 Å². The Morgan fingerprint density at radius 3 is 2.95 bits per heavy atom. The minimum atomic E-state index is 0.348. The highest BCUT2D eigenvalue weighted by Crippen LogP contribution is 2.13. The molecule has 2 rings (SSSR count). The van der Waals surface area contributed by atoms with E-state index in [1.54, 1.807) is 0 Å². The third-order valence-corrected chi connectivity index (χ3v) is 3.30. The molecule has 4 heteroatoms. The summed E-state index contributed by atoms with van der Waals surface area (Å²) in [7, 11) is 0. The second kappa shape index (κ2) is 7.36. The molecule has 0 radical (unpaired) electrons. The Bertz CT molecular complexity index is 367. The van der Waals surface area contributed by atoms with Gasteiger partial charge in [0, 0.05) is 31.9 Å². The Kier molecular flexibility index (Phi) is 5.48. The van der Waals surface area contributed by atoms with Crippen LogP contribution in [0.3, 0.4) is 0 Å². The van der Waals surface area contributed by atoms with Gasteiger partial charge in [-0.1, -0.05) is 0 Å². The highest BCUT2D eigenvalue weighted by Gasteiger charge is 2.14. The molecule has 1 fully saturated rings. The number of nitrogens with two attached hydrogens (primary N) is 1. The number of rotatable bonds is 5. The number of hydrogen-bond donors (Lipinski definition) is 1. The molecule has 19 heavy (non-hydrogen) atoms. The molecule has 0 bridgehead atoms. The zero-order chi connectivity index (χ0) is 13.5. The van der Waals surface area contributed by atoms with Gasteiger partial charge in [-0.3, -0.25) is 0 Å². The first kappa shape index (κ1) is 14.2. The zero-order valence-electron chi connectivity index (χ0n) is 11.7. The molecule has 0 aliphatic carbocycles. The predicted molar refractivity (Wildman–Crippen MR) is 77.4 cm³/mol. The van der Waals surface area contributed by atoms with Gasteiger partial charge >= 0.3 is 0 Å². The molecule has 0 amide bonds. The molecule has 1 unspecified atom stereocenters. The van der Waals surface area contributed by atoms with Crippen LogP contribution >= 0.6 is 0 Å². The van der Waals surface area contributed by atoms with Gasteiger partial charge in [0.15, 0.2) is 0 Å². The summed E-state index contributed by atoms with van der Waals surface area (Å²) in [5.74, 6) is 0.891. The average molecular weight is 264 g/mol. The van der Waals surface area contributed by atoms with Crippen LogP contribution in [0.5, 0.6) is 5.75 Å². The molecule has 0 spiro atoms. The van der Waals surface area contributed by atoms with Gasteiger partial charge in [-0.25, -0.2) is 0 Å². The predicted octanol–water partition coefficient (Wildman–Crippen LogP) is 2.15. The fourth-order valence-corrected chi connectivity index (χ4v) is 2.33. The van der Waals surface area contributed by atoms with Crippen LogP contribution in [0.15, 0.2) is 24.3 Å². The number of nitrogen functional groups attached to an aromatic ring is 1. The van der Waals surface area contributed by atoms with Crippen molar-refractivity contribution in [1.82, 2.24) is 4.90 Å². The lowest BCUT2D eigenvalue weighted by Crippen LogP contribution is -2.31. The monoisotopic (exact) mass is 264 g/mol. The summed E-state index contributed by atoms with van der Waals surface area (Å²) in [6.07, 6.45) is 2.51. The molecule has 1 aromatic carbocycles. The first-order valence-corrected chi connectivity index (χ1v) is 7.06. The van der Waals surface area contributed by atoms with Crippen molar-refractivity contribution in [2.24, 2.45) is 0 Å². The summed E-state index contributed by atoms with van der Waals surface area (Å²) >= 11 is 0. The van der Waals surface area contributed by atoms with Gasteiger partial charge in [0.1, 0.15) is 5.75 Å². The summed E-state index contributed by atoms with van der Waals surface area (Å²) in [5, 5.41) is 0. The Hall–Kier alpha value is -1.26. The number of benzene rings is 1. The molecule has 106 valence electrons. The lowest BCUT2D eigenvalue weighted by molar-refractivity contribution is 0.0670. The maximum absolute atomic E-state index is 5.70. The van der Waals surface area contributed by atoms with E-state index in [2.05, 4.69) is 11.8 Å². The average Bonchev–Trinajstić information content (AvgIpc) is 2.61. The smallest absolute Gasteiger partial charge is 0.119 e. The van der Waals surface area contributed by atoms with E-state index in [-0.39, 0.29) is 0 Å². The molecular weight excluding hydrogens is 240 g/mol. The SMILES string of the molecule is CC1CN(CCCOc2ccc(N)cc2)CCCO1. The van der Waals surface area contributed by atoms with E-state index in [1.165, 1.54) is 0 Å². The van der Waals surface area contributed by atoms with Gasteiger partial charge in [0.25, 0.3) is 0 Å². The van der Waals surface area contributed by atoms with E-state index >= 15 is 0 Å². The van der Waals surface area contributed by atoms with Crippen molar-refractivity contribution in [3.8, 4) is 5.75 Å². The Balaban J connectivity index is 1.64. The lowest BCUT2D eigenvalue weighted by Gasteiger charge is -2.21. The van der Waals surface area contributed by atoms with Gasteiger partial charge in [-0.05, 0) is 44.0 Å². The van der Waals surface area contributed by atoms with Crippen molar-refractivity contribution in [1.29, 1.82) is 0 Å². The zero-order valence-corrected chi connectivity index (χ0v) is 11.7. The standard InChI is InChI=1S/C15H24N2O2/c1-13-12-17(8-2-10-18-13)9-3-11-19-15-6-4-14(16)5-7-15/h4-7,13H,2-3,8-12,16H2,1H3. The molecule has 1 atom stereocenters. The van der Waals surface area contributed by atoms with Crippen molar-refractivity contribution < 1.29 is 9.47 Å². The van der Waals surface area contributed by atoms with E-state index in [9.17, 15) is 0 Å². The summed E-state index contributed by atoms with van der Waals surface area (Å²) in [5.41, 5.74) is 6.40. The van der Waals surface area contributed by atoms with Crippen molar-refractivity contribution in [2.75, 3.05) is 38.6 Å². The maximum Gasteiger partial charge on any atom is 0.119 e. The number of hydrogen-bond acceptors (Lipinski definition) is 4. The van der Waals surface area contributed by atoms with Crippen LogP contribution in [0, 0.1) is 0 Å². The van der Waals surface area contributed by atoms with E-state index in [0.717, 1.165) is 57.1 Å². The molecule has 1 aromatic rings. The number of nitrogens with zero attached hydrogens (tertiary/aromatic N) is 1. The van der Waals surface area contributed by atoms with Gasteiger partial charge in [0.05, 0.1) is 12.7 Å². The molecule has 1 heterocycles. The number of anilines is 1. The summed E-state index contributed by atoms with van der Waals surface area (Å²) in [6, 6.07) is 7.56. The van der Waals surface area contributed by atoms with E-state index in [0.29, 0.717) is 6.10 Å². The summed E-state index contributed by atoms with van der Waals surface area (Å²) in [6.45, 7) is 7.01. The maximum atomic E-state index is 5.70. The highest BCUT2D eigenvalue weighted by atomic mass is 16.5. The number of ether oxygens (including phenoxy) is 2. The van der Waals surface area contributed by atoms with Gasteiger partial charge in [-0.15, -0.1) is 0 Å². The molecule has 4 nitrogen and oxygen atoms in total. The molecule has 2 N–H and O–H groups in total. The summed E-state index contributed by atoms with van der Waals surface area (Å²) in [4.78, 5) is 2.46. The largest absolute Gasteiger partial charge is 0.494 e. The van der Waals surface area contributed by atoms with Gasteiger partial charge in [-0.2, -0.15) is 0 Å². The fraction of sp³-hybridized carbons (Fsp3) is 0.600. The molecule has 0 aromatic heterocycles.